The highest BCUT2D eigenvalue weighted by Crippen LogP contribution is 2.40. The number of carbonyl (C=O) groups is 2. The molecule has 4 aromatic rings. The molecule has 0 radical (unpaired) electrons. The molecule has 4 fully saturated rings. The van der Waals surface area contributed by atoms with E-state index < -0.39 is 0 Å². The molecule has 11 heteroatoms. The molecule has 4 aliphatic rings. The topological polar surface area (TPSA) is 111 Å². The third-order valence-corrected chi connectivity index (χ3v) is 11.1. The number of hydrogen-bond donors (Lipinski definition) is 1. The van der Waals surface area contributed by atoms with Crippen molar-refractivity contribution < 1.29 is 19.1 Å². The number of anilines is 1. The molecule has 1 saturated carbocycles. The number of likely N-dealkylation sites (tertiary alicyclic amines) is 2. The van der Waals surface area contributed by atoms with Gasteiger partial charge in [0, 0.05) is 87.7 Å². The van der Waals surface area contributed by atoms with Gasteiger partial charge in [-0.3, -0.25) is 9.59 Å². The maximum absolute atomic E-state index is 13.5. The van der Waals surface area contributed by atoms with Crippen molar-refractivity contribution in [3.63, 3.8) is 0 Å². The number of methoxy groups -OCH3 is 2. The number of fused-ring (bicyclic) bond motifs is 2. The Morgan fingerprint density at radius 1 is 0.958 bits per heavy atom. The lowest BCUT2D eigenvalue weighted by Gasteiger charge is -2.42. The van der Waals surface area contributed by atoms with Gasteiger partial charge in [0.2, 0.25) is 5.91 Å². The summed E-state index contributed by atoms with van der Waals surface area (Å²) in [5, 5.41) is 6.30. The Balaban J connectivity index is 1.09. The zero-order valence-corrected chi connectivity index (χ0v) is 28.4. The van der Waals surface area contributed by atoms with Crippen molar-refractivity contribution in [1.82, 2.24) is 24.0 Å². The fourth-order valence-corrected chi connectivity index (χ4v) is 7.98. The Labute approximate surface area is 281 Å². The second-order valence-electron chi connectivity index (χ2n) is 14.4. The highest BCUT2D eigenvalue weighted by atomic mass is 16.5. The van der Waals surface area contributed by atoms with Gasteiger partial charge in [0.1, 0.15) is 17.0 Å². The van der Waals surface area contributed by atoms with E-state index in [9.17, 15) is 9.59 Å². The summed E-state index contributed by atoms with van der Waals surface area (Å²) in [5.74, 6) is 1.64. The molecule has 2 N–H and O–H groups in total. The quantitative estimate of drug-likeness (QED) is 0.302. The standard InChI is InChI=1S/C37H47N7O4/c1-23-34(39-44-19-27(16-33(48-3)35(23)44)37(46)41-12-4-5-28(38)20-41)32-15-26-8-9-29(17-31(26)43(32)18-24-6-7-24)40-13-10-25(11-14-40)36(45)42-21-30(22-42)47-2/h8-9,15-17,19,24-25,28,30H,4-7,10-14,18,20-22,38H2,1-3H3/t28-/m1/s1. The average Bonchev–Trinajstić information content (AvgIpc) is 3.76. The smallest absolute Gasteiger partial charge is 0.255 e. The monoisotopic (exact) mass is 653 g/mol. The number of nitrogens with zero attached hydrogens (tertiary/aromatic N) is 6. The number of aryl methyl sites for hydroxylation is 1. The first-order chi connectivity index (χ1) is 23.3. The third-order valence-electron chi connectivity index (χ3n) is 11.1. The molecule has 11 nitrogen and oxygen atoms in total. The predicted molar refractivity (Wildman–Crippen MR) is 186 cm³/mol. The maximum atomic E-state index is 13.5. The van der Waals surface area contributed by atoms with Gasteiger partial charge in [-0.2, -0.15) is 5.10 Å². The Bertz CT molecular complexity index is 1860. The first kappa shape index (κ1) is 31.2. The van der Waals surface area contributed by atoms with Crippen LogP contribution in [0, 0.1) is 18.8 Å². The summed E-state index contributed by atoms with van der Waals surface area (Å²) in [4.78, 5) is 32.8. The summed E-state index contributed by atoms with van der Waals surface area (Å²) in [7, 11) is 3.37. The van der Waals surface area contributed by atoms with Gasteiger partial charge in [-0.15, -0.1) is 0 Å². The fraction of sp³-hybridized carbons (Fsp3) is 0.541. The molecule has 0 unspecified atom stereocenters. The lowest BCUT2D eigenvalue weighted by atomic mass is 9.93. The first-order valence-electron chi connectivity index (χ1n) is 17.6. The van der Waals surface area contributed by atoms with Gasteiger partial charge in [-0.25, -0.2) is 4.52 Å². The minimum absolute atomic E-state index is 0.0108. The number of rotatable bonds is 8. The van der Waals surface area contributed by atoms with Crippen LogP contribution in [0.1, 0.15) is 54.4 Å². The van der Waals surface area contributed by atoms with Crippen LogP contribution >= 0.6 is 0 Å². The van der Waals surface area contributed by atoms with Crippen LogP contribution in [0.25, 0.3) is 27.8 Å². The van der Waals surface area contributed by atoms with Gasteiger partial charge >= 0.3 is 0 Å². The number of hydrogen-bond acceptors (Lipinski definition) is 7. The van der Waals surface area contributed by atoms with E-state index in [1.807, 2.05) is 26.6 Å². The van der Waals surface area contributed by atoms with Gasteiger partial charge < -0.3 is 34.5 Å². The molecular formula is C37H47N7O4. The molecule has 0 spiro atoms. The number of piperidine rings is 2. The summed E-state index contributed by atoms with van der Waals surface area (Å²) in [6.45, 7) is 7.50. The fourth-order valence-electron chi connectivity index (χ4n) is 7.98. The highest BCUT2D eigenvalue weighted by Gasteiger charge is 2.36. The van der Waals surface area contributed by atoms with Crippen LogP contribution in [0.15, 0.2) is 36.5 Å². The number of ether oxygens (including phenoxy) is 2. The van der Waals surface area contributed by atoms with Crippen LogP contribution in [-0.4, -0.2) is 101 Å². The Morgan fingerprint density at radius 3 is 2.46 bits per heavy atom. The SMILES string of the molecule is COc1cc(C(=O)N2CCC[C@@H](N)C2)cn2nc(-c3cc4ccc(N5CCC(C(=O)N6CC(OC)C6)CC5)cc4n3CC3CC3)c(C)c12. The van der Waals surface area contributed by atoms with Crippen LogP contribution in [-0.2, 0) is 16.1 Å². The zero-order chi connectivity index (χ0) is 33.1. The van der Waals surface area contributed by atoms with Crippen LogP contribution in [0.2, 0.25) is 0 Å². The Hall–Kier alpha value is -4.09. The van der Waals surface area contributed by atoms with Gasteiger partial charge in [-0.1, -0.05) is 6.07 Å². The molecule has 0 bridgehead atoms. The summed E-state index contributed by atoms with van der Waals surface area (Å²) >= 11 is 0. The van der Waals surface area contributed by atoms with Crippen molar-refractivity contribution in [2.45, 2.75) is 64.1 Å². The van der Waals surface area contributed by atoms with Gasteiger partial charge in [0.25, 0.3) is 5.91 Å². The molecule has 6 heterocycles. The number of amides is 2. The van der Waals surface area contributed by atoms with Crippen LogP contribution in [0.4, 0.5) is 5.69 Å². The van der Waals surface area contributed by atoms with Crippen LogP contribution in [0.3, 0.4) is 0 Å². The van der Waals surface area contributed by atoms with Gasteiger partial charge in [0.05, 0.1) is 30.0 Å². The van der Waals surface area contributed by atoms with E-state index in [1.54, 1.807) is 14.2 Å². The van der Waals surface area contributed by atoms with E-state index in [-0.39, 0.29) is 29.9 Å². The second-order valence-corrected chi connectivity index (χ2v) is 14.4. The largest absolute Gasteiger partial charge is 0.494 e. The lowest BCUT2D eigenvalue weighted by Crippen LogP contribution is -2.56. The number of nitrogens with two attached hydrogens (primary N) is 1. The number of carbonyl (C=O) groups excluding carboxylic acids is 2. The molecule has 1 aromatic carbocycles. The van der Waals surface area contributed by atoms with E-state index in [1.165, 1.54) is 29.4 Å². The lowest BCUT2D eigenvalue weighted by molar-refractivity contribution is -0.148. The normalized spacial score (nSPS) is 20.9. The summed E-state index contributed by atoms with van der Waals surface area (Å²) in [6.07, 6.45) is 8.12. The molecule has 254 valence electrons. The summed E-state index contributed by atoms with van der Waals surface area (Å²) in [5.41, 5.74) is 13.0. The molecular weight excluding hydrogens is 606 g/mol. The maximum Gasteiger partial charge on any atom is 0.255 e. The first-order valence-corrected chi connectivity index (χ1v) is 17.6. The molecule has 3 aromatic heterocycles. The minimum Gasteiger partial charge on any atom is -0.494 e. The van der Waals surface area contributed by atoms with E-state index in [0.717, 1.165) is 80.9 Å². The van der Waals surface area contributed by atoms with E-state index in [0.29, 0.717) is 30.3 Å². The summed E-state index contributed by atoms with van der Waals surface area (Å²) in [6, 6.07) is 10.9. The summed E-state index contributed by atoms with van der Waals surface area (Å²) < 4.78 is 15.5. The van der Waals surface area contributed by atoms with E-state index >= 15 is 0 Å². The van der Waals surface area contributed by atoms with Gasteiger partial charge in [0.15, 0.2) is 0 Å². The molecule has 3 saturated heterocycles. The van der Waals surface area contributed by atoms with E-state index in [4.69, 9.17) is 20.3 Å². The van der Waals surface area contributed by atoms with Crippen LogP contribution in [0.5, 0.6) is 5.75 Å². The highest BCUT2D eigenvalue weighted by molar-refractivity contribution is 5.96. The predicted octanol–water partition coefficient (Wildman–Crippen LogP) is 4.32. The van der Waals surface area contributed by atoms with Gasteiger partial charge in [-0.05, 0) is 75.6 Å². The van der Waals surface area contributed by atoms with Crippen molar-refractivity contribution in [3.8, 4) is 17.1 Å². The molecule has 2 amide bonds. The molecule has 8 rings (SSSR count). The Kier molecular flexibility index (Phi) is 8.07. The van der Waals surface area contributed by atoms with Crippen molar-refractivity contribution >= 4 is 33.9 Å². The zero-order valence-electron chi connectivity index (χ0n) is 28.4. The second kappa shape index (κ2) is 12.4. The minimum atomic E-state index is -0.0379. The van der Waals surface area contributed by atoms with Crippen molar-refractivity contribution in [2.24, 2.45) is 17.6 Å². The molecule has 48 heavy (non-hydrogen) atoms. The number of pyridine rings is 1. The molecule has 1 atom stereocenters. The van der Waals surface area contributed by atoms with Crippen molar-refractivity contribution in [3.05, 3.63) is 47.7 Å². The number of aromatic nitrogens is 3. The number of benzene rings is 1. The van der Waals surface area contributed by atoms with Crippen molar-refractivity contribution in [2.75, 3.05) is 58.4 Å². The third kappa shape index (κ3) is 5.60. The van der Waals surface area contributed by atoms with E-state index in [2.05, 4.69) is 40.7 Å². The average molecular weight is 654 g/mol. The molecule has 1 aliphatic carbocycles. The van der Waals surface area contributed by atoms with Crippen molar-refractivity contribution in [1.29, 1.82) is 0 Å². The van der Waals surface area contributed by atoms with Crippen LogP contribution < -0.4 is 15.4 Å². The molecule has 3 aliphatic heterocycles. The Morgan fingerprint density at radius 2 is 1.75 bits per heavy atom.